The molecule has 8 nitrogen and oxygen atoms in total. The second-order valence-corrected chi connectivity index (χ2v) is 11.2. The number of benzene rings is 2. The Balaban J connectivity index is 1.22. The summed E-state index contributed by atoms with van der Waals surface area (Å²) in [6.45, 7) is 5.47. The van der Waals surface area contributed by atoms with Gasteiger partial charge in [0.15, 0.2) is 0 Å². The van der Waals surface area contributed by atoms with E-state index in [1.54, 1.807) is 36.4 Å². The van der Waals surface area contributed by atoms with Gasteiger partial charge in [-0.1, -0.05) is 24.3 Å². The maximum Gasteiger partial charge on any atom is 0.254 e. The van der Waals surface area contributed by atoms with Gasteiger partial charge in [0, 0.05) is 37.7 Å². The van der Waals surface area contributed by atoms with Crippen LogP contribution in [0.4, 0.5) is 0 Å². The Morgan fingerprint density at radius 1 is 0.943 bits per heavy atom. The maximum absolute atomic E-state index is 12.8. The summed E-state index contributed by atoms with van der Waals surface area (Å²) in [5.41, 5.74) is 2.44. The Hall–Kier alpha value is -2.75. The quantitative estimate of drug-likeness (QED) is 0.552. The molecule has 0 aromatic heterocycles. The first-order valence-electron chi connectivity index (χ1n) is 12.1. The highest BCUT2D eigenvalue weighted by molar-refractivity contribution is 7.89. The topological polar surface area (TPSA) is 105 Å². The number of sulfonamides is 1. The average molecular weight is 500 g/mol. The Bertz CT molecular complexity index is 1130. The van der Waals surface area contributed by atoms with E-state index < -0.39 is 10.0 Å². The summed E-state index contributed by atoms with van der Waals surface area (Å²) >= 11 is 0. The molecule has 35 heavy (non-hydrogen) atoms. The number of aryl methyl sites for hydroxylation is 1. The standard InChI is InChI=1S/C26H33N3O5S/c1-18-16-29(17-19(2)34-18)26(31)22-8-3-21(4-9-22)15-27-25(30)14-7-20-5-12-24(13-6-20)35(32,33)28-23-10-11-23/h3-6,8-9,12-13,18-19,23,28H,7,10-11,14-17H2,1-2H3,(H,27,30). The van der Waals surface area contributed by atoms with Crippen LogP contribution >= 0.6 is 0 Å². The minimum absolute atomic E-state index is 0.00951. The number of morpholine rings is 1. The fraction of sp³-hybridized carbons (Fsp3) is 0.462. The van der Waals surface area contributed by atoms with Crippen molar-refractivity contribution in [3.8, 4) is 0 Å². The predicted octanol–water partition coefficient (Wildman–Crippen LogP) is 2.63. The van der Waals surface area contributed by atoms with Crippen molar-refractivity contribution in [1.29, 1.82) is 0 Å². The molecule has 2 aliphatic rings. The number of hydrogen-bond donors (Lipinski definition) is 2. The highest BCUT2D eigenvalue weighted by Gasteiger charge is 2.28. The summed E-state index contributed by atoms with van der Waals surface area (Å²) in [6, 6.07) is 14.0. The van der Waals surface area contributed by atoms with Gasteiger partial charge in [0.1, 0.15) is 0 Å². The molecule has 4 rings (SSSR count). The van der Waals surface area contributed by atoms with Crippen molar-refractivity contribution in [3.05, 3.63) is 65.2 Å². The zero-order valence-corrected chi connectivity index (χ0v) is 21.0. The number of nitrogens with zero attached hydrogens (tertiary/aromatic N) is 1. The number of carbonyl (C=O) groups is 2. The molecule has 2 aromatic rings. The highest BCUT2D eigenvalue weighted by atomic mass is 32.2. The lowest BCUT2D eigenvalue weighted by Crippen LogP contribution is -2.48. The minimum Gasteiger partial charge on any atom is -0.372 e. The van der Waals surface area contributed by atoms with Gasteiger partial charge in [0.2, 0.25) is 15.9 Å². The minimum atomic E-state index is -3.46. The molecule has 1 saturated heterocycles. The van der Waals surface area contributed by atoms with E-state index in [4.69, 9.17) is 4.74 Å². The lowest BCUT2D eigenvalue weighted by molar-refractivity contribution is -0.121. The Morgan fingerprint density at radius 2 is 1.54 bits per heavy atom. The molecule has 1 aliphatic carbocycles. The molecule has 2 aromatic carbocycles. The second-order valence-electron chi connectivity index (χ2n) is 9.48. The highest BCUT2D eigenvalue weighted by Crippen LogP contribution is 2.22. The summed E-state index contributed by atoms with van der Waals surface area (Å²) in [5.74, 6) is -0.0988. The van der Waals surface area contributed by atoms with Crippen molar-refractivity contribution >= 4 is 21.8 Å². The van der Waals surface area contributed by atoms with E-state index in [2.05, 4.69) is 10.0 Å². The van der Waals surface area contributed by atoms with E-state index in [1.807, 2.05) is 30.9 Å². The van der Waals surface area contributed by atoms with Crippen molar-refractivity contribution in [2.24, 2.45) is 0 Å². The average Bonchev–Trinajstić information content (AvgIpc) is 3.64. The van der Waals surface area contributed by atoms with E-state index in [0.29, 0.717) is 38.0 Å². The van der Waals surface area contributed by atoms with E-state index in [1.165, 1.54) is 0 Å². The number of nitrogens with one attached hydrogen (secondary N) is 2. The number of hydrogen-bond acceptors (Lipinski definition) is 5. The lowest BCUT2D eigenvalue weighted by atomic mass is 10.1. The summed E-state index contributed by atoms with van der Waals surface area (Å²) in [5, 5.41) is 2.90. The first kappa shape index (κ1) is 25.3. The van der Waals surface area contributed by atoms with Crippen LogP contribution in [-0.4, -0.2) is 56.5 Å². The SMILES string of the molecule is CC1CN(C(=O)c2ccc(CNC(=O)CCc3ccc(S(=O)(=O)NC4CC4)cc3)cc2)CC(C)O1. The molecule has 0 bridgehead atoms. The van der Waals surface area contributed by atoms with E-state index >= 15 is 0 Å². The van der Waals surface area contributed by atoms with Crippen LogP contribution in [-0.2, 0) is 32.5 Å². The normalized spacial score (nSPS) is 20.5. The van der Waals surface area contributed by atoms with Crippen LogP contribution in [0.25, 0.3) is 0 Å². The van der Waals surface area contributed by atoms with Gasteiger partial charge < -0.3 is 15.0 Å². The maximum atomic E-state index is 12.8. The molecule has 2 unspecified atom stereocenters. The molecule has 1 aliphatic heterocycles. The second kappa shape index (κ2) is 10.9. The van der Waals surface area contributed by atoms with Crippen molar-refractivity contribution in [3.63, 3.8) is 0 Å². The fourth-order valence-corrected chi connectivity index (χ4v) is 5.47. The third-order valence-corrected chi connectivity index (χ3v) is 7.71. The van der Waals surface area contributed by atoms with Crippen molar-refractivity contribution in [1.82, 2.24) is 14.9 Å². The number of ether oxygens (including phenoxy) is 1. The first-order valence-corrected chi connectivity index (χ1v) is 13.6. The van der Waals surface area contributed by atoms with Crippen LogP contribution in [0.3, 0.4) is 0 Å². The smallest absolute Gasteiger partial charge is 0.254 e. The van der Waals surface area contributed by atoms with Crippen LogP contribution in [0, 0.1) is 0 Å². The molecule has 188 valence electrons. The van der Waals surface area contributed by atoms with E-state index in [0.717, 1.165) is 24.0 Å². The monoisotopic (exact) mass is 499 g/mol. The van der Waals surface area contributed by atoms with Gasteiger partial charge in [-0.15, -0.1) is 0 Å². The largest absolute Gasteiger partial charge is 0.372 e. The molecule has 2 fully saturated rings. The van der Waals surface area contributed by atoms with E-state index in [-0.39, 0.29) is 35.0 Å². The van der Waals surface area contributed by atoms with Gasteiger partial charge in [-0.2, -0.15) is 0 Å². The van der Waals surface area contributed by atoms with Crippen LogP contribution in [0.1, 0.15) is 54.6 Å². The van der Waals surface area contributed by atoms with Gasteiger partial charge in [0.25, 0.3) is 5.91 Å². The van der Waals surface area contributed by atoms with Gasteiger partial charge >= 0.3 is 0 Å². The zero-order chi connectivity index (χ0) is 25.0. The summed E-state index contributed by atoms with van der Waals surface area (Å²) in [7, 11) is -3.46. The summed E-state index contributed by atoms with van der Waals surface area (Å²) in [6.07, 6.45) is 2.64. The number of rotatable bonds is 9. The van der Waals surface area contributed by atoms with Crippen molar-refractivity contribution in [2.75, 3.05) is 13.1 Å². The van der Waals surface area contributed by atoms with Gasteiger partial charge in [-0.05, 0) is 68.5 Å². The number of carbonyl (C=O) groups excluding carboxylic acids is 2. The van der Waals surface area contributed by atoms with Crippen molar-refractivity contribution in [2.45, 2.75) is 69.2 Å². The Kier molecular flexibility index (Phi) is 7.88. The molecule has 2 N–H and O–H groups in total. The van der Waals surface area contributed by atoms with Crippen molar-refractivity contribution < 1.29 is 22.7 Å². The summed E-state index contributed by atoms with van der Waals surface area (Å²) in [4.78, 5) is 27.1. The van der Waals surface area contributed by atoms with Gasteiger partial charge in [-0.3, -0.25) is 9.59 Å². The van der Waals surface area contributed by atoms with E-state index in [9.17, 15) is 18.0 Å². The molecule has 0 radical (unpaired) electrons. The molecule has 0 spiro atoms. The van der Waals surface area contributed by atoms with Crippen LogP contribution in [0.15, 0.2) is 53.4 Å². The zero-order valence-electron chi connectivity index (χ0n) is 20.2. The Morgan fingerprint density at radius 3 is 2.14 bits per heavy atom. The third-order valence-electron chi connectivity index (χ3n) is 6.17. The van der Waals surface area contributed by atoms with Gasteiger partial charge in [-0.25, -0.2) is 13.1 Å². The third kappa shape index (κ3) is 7.13. The summed E-state index contributed by atoms with van der Waals surface area (Å²) < 4.78 is 32.8. The molecule has 1 heterocycles. The molecular formula is C26H33N3O5S. The molecule has 2 atom stereocenters. The first-order chi connectivity index (χ1) is 16.7. The van der Waals surface area contributed by atoms with Crippen LogP contribution < -0.4 is 10.0 Å². The van der Waals surface area contributed by atoms with Gasteiger partial charge in [0.05, 0.1) is 17.1 Å². The number of amides is 2. The fourth-order valence-electron chi connectivity index (χ4n) is 4.16. The molecule has 1 saturated carbocycles. The van der Waals surface area contributed by atoms with Crippen LogP contribution in [0.2, 0.25) is 0 Å². The predicted molar refractivity (Wildman–Crippen MR) is 132 cm³/mol. The lowest BCUT2D eigenvalue weighted by Gasteiger charge is -2.35. The molecule has 9 heteroatoms. The molecular weight excluding hydrogens is 466 g/mol. The van der Waals surface area contributed by atoms with Crippen LogP contribution in [0.5, 0.6) is 0 Å². The molecule has 2 amide bonds. The Labute approximate surface area is 207 Å².